The van der Waals surface area contributed by atoms with Crippen molar-refractivity contribution in [2.24, 2.45) is 0 Å². The van der Waals surface area contributed by atoms with Gasteiger partial charge in [0.1, 0.15) is 11.9 Å². The van der Waals surface area contributed by atoms with E-state index in [4.69, 9.17) is 9.47 Å². The molecule has 3 N–H and O–H groups in total. The molecular weight excluding hydrogens is 324 g/mol. The van der Waals surface area contributed by atoms with Crippen LogP contribution in [-0.4, -0.2) is 48.9 Å². The molecule has 0 saturated carbocycles. The molecule has 1 aliphatic rings. The maximum atomic E-state index is 12.1. The number of carbonyl (C=O) groups is 2. The molecule has 1 heterocycles. The molecule has 2 amide bonds. The fourth-order valence-corrected chi connectivity index (χ4v) is 2.97. The summed E-state index contributed by atoms with van der Waals surface area (Å²) in [6.45, 7) is 1.67. The van der Waals surface area contributed by atoms with Crippen LogP contribution in [0.25, 0.3) is 0 Å². The van der Waals surface area contributed by atoms with E-state index < -0.39 is 6.10 Å². The number of ether oxygens (including phenoxy) is 2. The van der Waals surface area contributed by atoms with Gasteiger partial charge in [-0.3, -0.25) is 9.59 Å². The Balaban J connectivity index is 1.79. The van der Waals surface area contributed by atoms with Crippen molar-refractivity contribution >= 4 is 11.8 Å². The molecule has 1 aromatic rings. The lowest BCUT2D eigenvalue weighted by atomic mass is 9.97. The van der Waals surface area contributed by atoms with E-state index in [0.29, 0.717) is 19.4 Å². The highest BCUT2D eigenvalue weighted by Crippen LogP contribution is 2.22. The summed E-state index contributed by atoms with van der Waals surface area (Å²) in [4.78, 5) is 23.3. The van der Waals surface area contributed by atoms with E-state index >= 15 is 0 Å². The van der Waals surface area contributed by atoms with Crippen LogP contribution in [0, 0.1) is 0 Å². The summed E-state index contributed by atoms with van der Waals surface area (Å²) < 4.78 is 10.9. The fourth-order valence-electron chi connectivity index (χ4n) is 2.97. The van der Waals surface area contributed by atoms with Crippen molar-refractivity contribution in [1.29, 1.82) is 0 Å². The molecular formula is C18H26N2O5. The first-order valence-corrected chi connectivity index (χ1v) is 8.45. The second-order valence-corrected chi connectivity index (χ2v) is 6.20. The molecule has 1 aromatic carbocycles. The minimum absolute atomic E-state index is 0.109. The number of nitrogens with one attached hydrogen (secondary N) is 2. The lowest BCUT2D eigenvalue weighted by molar-refractivity contribution is -0.135. The van der Waals surface area contributed by atoms with E-state index in [1.54, 1.807) is 7.11 Å². The van der Waals surface area contributed by atoms with Crippen LogP contribution in [0.5, 0.6) is 5.75 Å². The quantitative estimate of drug-likeness (QED) is 0.674. The van der Waals surface area contributed by atoms with Gasteiger partial charge in [-0.2, -0.15) is 0 Å². The van der Waals surface area contributed by atoms with E-state index in [9.17, 15) is 14.7 Å². The topological polar surface area (TPSA) is 96.9 Å². The third-order valence-corrected chi connectivity index (χ3v) is 4.22. The van der Waals surface area contributed by atoms with Crippen LogP contribution in [0.3, 0.4) is 0 Å². The van der Waals surface area contributed by atoms with Crippen molar-refractivity contribution in [1.82, 2.24) is 10.6 Å². The minimum atomic E-state index is -0.478. The first kappa shape index (κ1) is 19.2. The summed E-state index contributed by atoms with van der Waals surface area (Å²) in [7, 11) is 1.60. The Hall–Kier alpha value is -2.12. The molecule has 0 radical (unpaired) electrons. The van der Waals surface area contributed by atoms with E-state index in [1.165, 1.54) is 6.92 Å². The summed E-state index contributed by atoms with van der Waals surface area (Å²) in [5, 5.41) is 15.1. The lowest BCUT2D eigenvalue weighted by Crippen LogP contribution is -2.51. The van der Waals surface area contributed by atoms with Crippen LogP contribution >= 0.6 is 0 Å². The fraction of sp³-hybridized carbons (Fsp3) is 0.556. The molecule has 138 valence electrons. The Morgan fingerprint density at radius 1 is 1.36 bits per heavy atom. The highest BCUT2D eigenvalue weighted by Gasteiger charge is 2.32. The number of hydrogen-bond donors (Lipinski definition) is 3. The van der Waals surface area contributed by atoms with Gasteiger partial charge in [-0.1, -0.05) is 12.1 Å². The molecule has 1 saturated heterocycles. The van der Waals surface area contributed by atoms with Crippen molar-refractivity contribution in [3.05, 3.63) is 29.8 Å². The van der Waals surface area contributed by atoms with Gasteiger partial charge in [0, 0.05) is 13.5 Å². The standard InChI is InChI=1S/C18H26N2O5/c1-12(22)20-16-7-6-15(25-17(16)11-21)9-18(23)19-10-13-4-3-5-14(8-13)24-2/h3-5,8,15-17,21H,6-7,9-11H2,1-2H3,(H,19,23)(H,20,22)/t15-,16-,17+/m0/s1. The Bertz CT molecular complexity index is 593. The number of hydrogen-bond acceptors (Lipinski definition) is 5. The Kier molecular flexibility index (Phi) is 7.21. The first-order chi connectivity index (χ1) is 12.0. The number of amides is 2. The van der Waals surface area contributed by atoms with Gasteiger partial charge in [-0.15, -0.1) is 0 Å². The van der Waals surface area contributed by atoms with E-state index in [-0.39, 0.29) is 37.0 Å². The Morgan fingerprint density at radius 2 is 2.16 bits per heavy atom. The van der Waals surface area contributed by atoms with Crippen molar-refractivity contribution in [3.63, 3.8) is 0 Å². The van der Waals surface area contributed by atoms with Gasteiger partial charge in [-0.05, 0) is 30.5 Å². The predicted octanol–water partition coefficient (Wildman–Crippen LogP) is 0.746. The smallest absolute Gasteiger partial charge is 0.222 e. The van der Waals surface area contributed by atoms with Crippen LogP contribution in [0.15, 0.2) is 24.3 Å². The van der Waals surface area contributed by atoms with Gasteiger partial charge in [0.15, 0.2) is 0 Å². The SMILES string of the molecule is COc1cccc(CNC(=O)C[C@@H]2CC[C@H](NC(C)=O)[C@@H](CO)O2)c1. The van der Waals surface area contributed by atoms with E-state index in [1.807, 2.05) is 24.3 Å². The van der Waals surface area contributed by atoms with E-state index in [0.717, 1.165) is 11.3 Å². The zero-order chi connectivity index (χ0) is 18.2. The average molecular weight is 350 g/mol. The Morgan fingerprint density at radius 3 is 2.84 bits per heavy atom. The van der Waals surface area contributed by atoms with Gasteiger partial charge in [0.2, 0.25) is 11.8 Å². The number of aliphatic hydroxyl groups excluding tert-OH is 1. The molecule has 1 aliphatic heterocycles. The normalized spacial score (nSPS) is 22.9. The van der Waals surface area contributed by atoms with Crippen LogP contribution in [-0.2, 0) is 20.9 Å². The molecule has 7 nitrogen and oxygen atoms in total. The van der Waals surface area contributed by atoms with Crippen LogP contribution in [0.1, 0.15) is 31.7 Å². The molecule has 7 heteroatoms. The molecule has 0 spiro atoms. The molecule has 0 aromatic heterocycles. The molecule has 1 fully saturated rings. The number of aliphatic hydroxyl groups is 1. The van der Waals surface area contributed by atoms with Gasteiger partial charge in [-0.25, -0.2) is 0 Å². The summed E-state index contributed by atoms with van der Waals surface area (Å²) in [6, 6.07) is 7.30. The molecule has 3 atom stereocenters. The van der Waals surface area contributed by atoms with Crippen LogP contribution in [0.4, 0.5) is 0 Å². The van der Waals surface area contributed by atoms with Crippen LogP contribution < -0.4 is 15.4 Å². The second-order valence-electron chi connectivity index (χ2n) is 6.20. The van der Waals surface area contributed by atoms with Gasteiger partial charge >= 0.3 is 0 Å². The third kappa shape index (κ3) is 6.03. The van der Waals surface area contributed by atoms with E-state index in [2.05, 4.69) is 10.6 Å². The van der Waals surface area contributed by atoms with Crippen molar-refractivity contribution < 1.29 is 24.2 Å². The average Bonchev–Trinajstić information content (AvgIpc) is 2.61. The molecule has 0 bridgehead atoms. The van der Waals surface area contributed by atoms with Crippen molar-refractivity contribution in [2.75, 3.05) is 13.7 Å². The zero-order valence-corrected chi connectivity index (χ0v) is 14.7. The lowest BCUT2D eigenvalue weighted by Gasteiger charge is -2.35. The maximum Gasteiger partial charge on any atom is 0.222 e. The highest BCUT2D eigenvalue weighted by atomic mass is 16.5. The molecule has 2 rings (SSSR count). The molecule has 0 unspecified atom stereocenters. The number of methoxy groups -OCH3 is 1. The van der Waals surface area contributed by atoms with Crippen molar-refractivity contribution in [3.8, 4) is 5.75 Å². The third-order valence-electron chi connectivity index (χ3n) is 4.22. The molecule has 0 aliphatic carbocycles. The summed E-state index contributed by atoms with van der Waals surface area (Å²) in [6.07, 6.45) is 0.834. The minimum Gasteiger partial charge on any atom is -0.497 e. The predicted molar refractivity (Wildman–Crippen MR) is 92.0 cm³/mol. The number of carbonyl (C=O) groups excluding carboxylic acids is 2. The number of rotatable bonds is 7. The molecule has 25 heavy (non-hydrogen) atoms. The first-order valence-electron chi connectivity index (χ1n) is 8.45. The van der Waals surface area contributed by atoms with Gasteiger partial charge in [0.05, 0.1) is 32.3 Å². The Labute approximate surface area is 147 Å². The van der Waals surface area contributed by atoms with Crippen LogP contribution in [0.2, 0.25) is 0 Å². The summed E-state index contributed by atoms with van der Waals surface area (Å²) >= 11 is 0. The monoisotopic (exact) mass is 350 g/mol. The number of benzene rings is 1. The maximum absolute atomic E-state index is 12.1. The largest absolute Gasteiger partial charge is 0.497 e. The van der Waals surface area contributed by atoms with Gasteiger partial charge in [0.25, 0.3) is 0 Å². The zero-order valence-electron chi connectivity index (χ0n) is 14.7. The summed E-state index contributed by atoms with van der Waals surface area (Å²) in [5.41, 5.74) is 0.955. The van der Waals surface area contributed by atoms with Crippen molar-refractivity contribution in [2.45, 2.75) is 51.0 Å². The second kappa shape index (κ2) is 9.39. The summed E-state index contributed by atoms with van der Waals surface area (Å²) in [5.74, 6) is 0.487. The highest BCUT2D eigenvalue weighted by molar-refractivity contribution is 5.76. The van der Waals surface area contributed by atoms with Gasteiger partial charge < -0.3 is 25.2 Å².